The fourth-order valence-electron chi connectivity index (χ4n) is 1.05. The van der Waals surface area contributed by atoms with Gasteiger partial charge in [0, 0.05) is 33.2 Å². The van der Waals surface area contributed by atoms with Gasteiger partial charge in [0.1, 0.15) is 0 Å². The Labute approximate surface area is 61.1 Å². The Morgan fingerprint density at radius 1 is 1.50 bits per heavy atom. The molecule has 0 aliphatic carbocycles. The standard InChI is InChI=1S/C6H14N4/c1-8-6(7)10-4-2-9-3-5-10/h9H,2-5H2,1H3,(H2,7,8). The second-order valence-electron chi connectivity index (χ2n) is 2.34. The molecule has 0 aromatic heterocycles. The molecule has 58 valence electrons. The first-order valence-electron chi connectivity index (χ1n) is 3.56. The SMILES string of the molecule is CNC(=N)N1CCNCC1. The van der Waals surface area contributed by atoms with Crippen LogP contribution in [0.25, 0.3) is 0 Å². The number of hydrogen-bond acceptors (Lipinski definition) is 2. The van der Waals surface area contributed by atoms with Gasteiger partial charge in [-0.15, -0.1) is 0 Å². The quantitative estimate of drug-likeness (QED) is 0.302. The van der Waals surface area contributed by atoms with Crippen LogP contribution in [0.15, 0.2) is 0 Å². The molecule has 1 fully saturated rings. The number of piperazine rings is 1. The maximum atomic E-state index is 7.42. The number of nitrogens with zero attached hydrogens (tertiary/aromatic N) is 1. The molecular weight excluding hydrogens is 128 g/mol. The highest BCUT2D eigenvalue weighted by atomic mass is 15.3. The topological polar surface area (TPSA) is 51.2 Å². The first kappa shape index (κ1) is 7.34. The molecule has 0 unspecified atom stereocenters. The van der Waals surface area contributed by atoms with Crippen molar-refractivity contribution < 1.29 is 0 Å². The largest absolute Gasteiger partial charge is 0.359 e. The lowest BCUT2D eigenvalue weighted by Crippen LogP contribution is -2.49. The van der Waals surface area contributed by atoms with Gasteiger partial charge in [-0.2, -0.15) is 0 Å². The molecule has 0 aromatic rings. The summed E-state index contributed by atoms with van der Waals surface area (Å²) in [5, 5.41) is 13.5. The molecule has 4 nitrogen and oxygen atoms in total. The van der Waals surface area contributed by atoms with Gasteiger partial charge < -0.3 is 15.5 Å². The third kappa shape index (κ3) is 1.60. The van der Waals surface area contributed by atoms with Gasteiger partial charge >= 0.3 is 0 Å². The van der Waals surface area contributed by atoms with Gasteiger partial charge in [-0.25, -0.2) is 0 Å². The van der Waals surface area contributed by atoms with Crippen LogP contribution in [0.5, 0.6) is 0 Å². The van der Waals surface area contributed by atoms with E-state index in [1.54, 1.807) is 7.05 Å². The van der Waals surface area contributed by atoms with Gasteiger partial charge in [0.25, 0.3) is 0 Å². The average Bonchev–Trinajstić information content (AvgIpc) is 2.05. The van der Waals surface area contributed by atoms with Crippen LogP contribution in [-0.4, -0.2) is 44.1 Å². The molecule has 1 rings (SSSR count). The summed E-state index contributed by atoms with van der Waals surface area (Å²) in [4.78, 5) is 2.02. The van der Waals surface area contributed by atoms with Crippen molar-refractivity contribution in [2.45, 2.75) is 0 Å². The molecule has 3 N–H and O–H groups in total. The van der Waals surface area contributed by atoms with Crippen LogP contribution >= 0.6 is 0 Å². The summed E-state index contributed by atoms with van der Waals surface area (Å²) in [6, 6.07) is 0. The van der Waals surface area contributed by atoms with Crippen LogP contribution in [0.4, 0.5) is 0 Å². The average molecular weight is 142 g/mol. The molecule has 0 aromatic carbocycles. The van der Waals surface area contributed by atoms with Gasteiger partial charge in [-0.1, -0.05) is 0 Å². The lowest BCUT2D eigenvalue weighted by molar-refractivity contribution is 0.347. The first-order valence-corrected chi connectivity index (χ1v) is 3.56. The van der Waals surface area contributed by atoms with E-state index in [0.29, 0.717) is 5.96 Å². The summed E-state index contributed by atoms with van der Waals surface area (Å²) in [5.41, 5.74) is 0. The van der Waals surface area contributed by atoms with E-state index in [9.17, 15) is 0 Å². The third-order valence-corrected chi connectivity index (χ3v) is 1.67. The Hall–Kier alpha value is -0.770. The number of hydrogen-bond donors (Lipinski definition) is 3. The number of guanidine groups is 1. The smallest absolute Gasteiger partial charge is 0.190 e. The summed E-state index contributed by atoms with van der Waals surface area (Å²) >= 11 is 0. The highest BCUT2D eigenvalue weighted by Crippen LogP contribution is 1.89. The maximum Gasteiger partial charge on any atom is 0.190 e. The highest BCUT2D eigenvalue weighted by Gasteiger charge is 2.10. The summed E-state index contributed by atoms with van der Waals surface area (Å²) in [5.74, 6) is 0.529. The Balaban J connectivity index is 2.31. The minimum absolute atomic E-state index is 0.529. The molecule has 1 heterocycles. The Morgan fingerprint density at radius 3 is 2.60 bits per heavy atom. The van der Waals surface area contributed by atoms with E-state index in [2.05, 4.69) is 10.6 Å². The van der Waals surface area contributed by atoms with Crippen molar-refractivity contribution in [1.29, 1.82) is 5.41 Å². The molecule has 0 saturated carbocycles. The van der Waals surface area contributed by atoms with E-state index < -0.39 is 0 Å². The second kappa shape index (κ2) is 3.41. The lowest BCUT2D eigenvalue weighted by Gasteiger charge is -2.28. The highest BCUT2D eigenvalue weighted by molar-refractivity contribution is 5.76. The summed E-state index contributed by atoms with van der Waals surface area (Å²) in [6.45, 7) is 3.87. The predicted octanol–water partition coefficient (Wildman–Crippen LogP) is -0.954. The van der Waals surface area contributed by atoms with Crippen LogP contribution in [-0.2, 0) is 0 Å². The molecular formula is C6H14N4. The molecule has 0 atom stereocenters. The van der Waals surface area contributed by atoms with Crippen LogP contribution in [0.2, 0.25) is 0 Å². The minimum atomic E-state index is 0.529. The van der Waals surface area contributed by atoms with Crippen molar-refractivity contribution in [2.24, 2.45) is 0 Å². The van der Waals surface area contributed by atoms with Gasteiger partial charge in [0.05, 0.1) is 0 Å². The fourth-order valence-corrected chi connectivity index (χ4v) is 1.05. The maximum absolute atomic E-state index is 7.42. The van der Waals surface area contributed by atoms with Crippen molar-refractivity contribution in [3.63, 3.8) is 0 Å². The van der Waals surface area contributed by atoms with E-state index in [1.165, 1.54) is 0 Å². The summed E-state index contributed by atoms with van der Waals surface area (Å²) in [7, 11) is 1.78. The molecule has 0 amide bonds. The van der Waals surface area contributed by atoms with Crippen LogP contribution in [0, 0.1) is 5.41 Å². The Bertz CT molecular complexity index is 117. The number of rotatable bonds is 0. The van der Waals surface area contributed by atoms with Crippen LogP contribution < -0.4 is 10.6 Å². The van der Waals surface area contributed by atoms with E-state index >= 15 is 0 Å². The molecule has 4 heteroatoms. The van der Waals surface area contributed by atoms with Crippen molar-refractivity contribution >= 4 is 5.96 Å². The lowest BCUT2D eigenvalue weighted by atomic mass is 10.4. The molecule has 0 bridgehead atoms. The van der Waals surface area contributed by atoms with Crippen LogP contribution in [0.1, 0.15) is 0 Å². The van der Waals surface area contributed by atoms with E-state index in [0.717, 1.165) is 26.2 Å². The van der Waals surface area contributed by atoms with Crippen molar-refractivity contribution in [3.05, 3.63) is 0 Å². The zero-order valence-electron chi connectivity index (χ0n) is 6.28. The first-order chi connectivity index (χ1) is 4.84. The zero-order chi connectivity index (χ0) is 7.40. The normalized spacial score (nSPS) is 18.7. The molecule has 10 heavy (non-hydrogen) atoms. The van der Waals surface area contributed by atoms with E-state index in [1.807, 2.05) is 4.90 Å². The zero-order valence-corrected chi connectivity index (χ0v) is 6.28. The summed E-state index contributed by atoms with van der Waals surface area (Å²) < 4.78 is 0. The van der Waals surface area contributed by atoms with Crippen LogP contribution in [0.3, 0.4) is 0 Å². The monoisotopic (exact) mass is 142 g/mol. The molecule has 0 spiro atoms. The van der Waals surface area contributed by atoms with Gasteiger partial charge in [-0.3, -0.25) is 5.41 Å². The number of nitrogens with one attached hydrogen (secondary N) is 3. The predicted molar refractivity (Wildman–Crippen MR) is 41.2 cm³/mol. The van der Waals surface area contributed by atoms with E-state index in [-0.39, 0.29) is 0 Å². The summed E-state index contributed by atoms with van der Waals surface area (Å²) in [6.07, 6.45) is 0. The minimum Gasteiger partial charge on any atom is -0.359 e. The second-order valence-corrected chi connectivity index (χ2v) is 2.34. The van der Waals surface area contributed by atoms with Gasteiger partial charge in [-0.05, 0) is 0 Å². The Morgan fingerprint density at radius 2 is 2.10 bits per heavy atom. The van der Waals surface area contributed by atoms with Crippen molar-refractivity contribution in [2.75, 3.05) is 33.2 Å². The molecule has 1 aliphatic rings. The molecule has 1 aliphatic heterocycles. The van der Waals surface area contributed by atoms with Crippen molar-refractivity contribution in [3.8, 4) is 0 Å². The molecule has 1 saturated heterocycles. The third-order valence-electron chi connectivity index (χ3n) is 1.67. The van der Waals surface area contributed by atoms with Gasteiger partial charge in [0.2, 0.25) is 0 Å². The van der Waals surface area contributed by atoms with Crippen molar-refractivity contribution in [1.82, 2.24) is 15.5 Å². The van der Waals surface area contributed by atoms with E-state index in [4.69, 9.17) is 5.41 Å². The molecule has 0 radical (unpaired) electrons. The van der Waals surface area contributed by atoms with Gasteiger partial charge in [0.15, 0.2) is 5.96 Å². The Kier molecular flexibility index (Phi) is 2.50. The fraction of sp³-hybridized carbons (Fsp3) is 0.833.